The average Bonchev–Trinajstić information content (AvgIpc) is 3.32. The summed E-state index contributed by atoms with van der Waals surface area (Å²) in [6, 6.07) is 28.8. The van der Waals surface area contributed by atoms with E-state index in [2.05, 4.69) is 100 Å². The molecule has 0 atom stereocenters. The van der Waals surface area contributed by atoms with Crippen molar-refractivity contribution in [2.75, 3.05) is 42.5 Å². The Kier molecular flexibility index (Phi) is 5.68. The summed E-state index contributed by atoms with van der Waals surface area (Å²) < 4.78 is 0. The van der Waals surface area contributed by atoms with Gasteiger partial charge in [0.2, 0.25) is 0 Å². The number of pyridine rings is 1. The van der Waals surface area contributed by atoms with Crippen molar-refractivity contribution in [2.24, 2.45) is 0 Å². The second-order valence-electron chi connectivity index (χ2n) is 9.67. The fraction of sp³-hybridized carbons (Fsp3) is 0.300. The third-order valence-corrected chi connectivity index (χ3v) is 7.39. The third-order valence-electron chi connectivity index (χ3n) is 7.39. The van der Waals surface area contributed by atoms with Crippen molar-refractivity contribution in [3.8, 4) is 0 Å². The number of piperazine rings is 1. The van der Waals surface area contributed by atoms with Crippen molar-refractivity contribution in [1.82, 2.24) is 9.88 Å². The van der Waals surface area contributed by atoms with Crippen molar-refractivity contribution in [3.05, 3.63) is 101 Å². The van der Waals surface area contributed by atoms with Crippen molar-refractivity contribution in [2.45, 2.75) is 26.4 Å². The van der Waals surface area contributed by atoms with Crippen molar-refractivity contribution in [1.29, 1.82) is 0 Å². The highest BCUT2D eigenvalue weighted by Crippen LogP contribution is 2.29. The minimum atomic E-state index is 1.02. The summed E-state index contributed by atoms with van der Waals surface area (Å²) in [6.45, 7) is 9.57. The van der Waals surface area contributed by atoms with Gasteiger partial charge in [0.1, 0.15) is 0 Å². The molecular weight excluding hydrogens is 416 g/mol. The summed E-state index contributed by atoms with van der Waals surface area (Å²) in [5.41, 5.74) is 9.20. The minimum absolute atomic E-state index is 1.02. The summed E-state index contributed by atoms with van der Waals surface area (Å²) >= 11 is 0. The van der Waals surface area contributed by atoms with Crippen LogP contribution in [-0.2, 0) is 19.5 Å². The van der Waals surface area contributed by atoms with E-state index in [-0.39, 0.29) is 0 Å². The maximum absolute atomic E-state index is 4.72. The summed E-state index contributed by atoms with van der Waals surface area (Å²) in [5.74, 6) is 0. The highest BCUT2D eigenvalue weighted by molar-refractivity contribution is 5.92. The number of aromatic nitrogens is 1. The van der Waals surface area contributed by atoms with Crippen LogP contribution in [0.25, 0.3) is 10.9 Å². The number of aryl methyl sites for hydroxylation is 1. The van der Waals surface area contributed by atoms with Crippen LogP contribution in [0.4, 0.5) is 11.4 Å². The molecule has 1 aromatic heterocycles. The molecule has 4 aromatic rings. The number of hydrogen-bond acceptors (Lipinski definition) is 4. The van der Waals surface area contributed by atoms with Crippen LogP contribution in [0.1, 0.15) is 22.4 Å². The van der Waals surface area contributed by atoms with Crippen LogP contribution < -0.4 is 9.80 Å². The van der Waals surface area contributed by atoms with Crippen LogP contribution >= 0.6 is 0 Å². The van der Waals surface area contributed by atoms with Crippen molar-refractivity contribution >= 4 is 22.3 Å². The van der Waals surface area contributed by atoms with Gasteiger partial charge in [0.05, 0.1) is 5.52 Å². The zero-order valence-corrected chi connectivity index (χ0v) is 20.0. The van der Waals surface area contributed by atoms with E-state index in [1.807, 2.05) is 0 Å². The fourth-order valence-corrected chi connectivity index (χ4v) is 5.44. The minimum Gasteiger partial charge on any atom is -0.368 e. The normalized spacial score (nSPS) is 16.3. The van der Waals surface area contributed by atoms with Gasteiger partial charge in [-0.3, -0.25) is 9.88 Å². The molecule has 0 radical (unpaired) electrons. The Morgan fingerprint density at radius 2 is 1.50 bits per heavy atom. The molecule has 0 spiro atoms. The standard InChI is InChI=1S/C30H32N4/c1-23-12-13-28-29(31-23)10-5-11-30(28)33-18-16-32(17-19-33)15-14-24-6-4-9-27(20-24)34-21-25-7-2-3-8-26(25)22-34/h2-13,20H,14-19,21-22H2,1H3. The smallest absolute Gasteiger partial charge is 0.0726 e. The molecule has 6 rings (SSSR count). The molecule has 3 aromatic carbocycles. The first kappa shape index (κ1) is 21.2. The number of hydrogen-bond donors (Lipinski definition) is 0. The molecule has 34 heavy (non-hydrogen) atoms. The maximum Gasteiger partial charge on any atom is 0.0726 e. The van der Waals surface area contributed by atoms with E-state index in [0.29, 0.717) is 0 Å². The summed E-state index contributed by atoms with van der Waals surface area (Å²) in [7, 11) is 0. The van der Waals surface area contributed by atoms with Gasteiger partial charge in [0.25, 0.3) is 0 Å². The van der Waals surface area contributed by atoms with E-state index in [0.717, 1.165) is 63.4 Å². The first-order chi connectivity index (χ1) is 16.7. The molecule has 2 aliphatic rings. The number of fused-ring (bicyclic) bond motifs is 2. The lowest BCUT2D eigenvalue weighted by molar-refractivity contribution is 0.261. The molecule has 0 aliphatic carbocycles. The molecular formula is C30H32N4. The number of nitrogens with zero attached hydrogens (tertiary/aromatic N) is 4. The Hall–Kier alpha value is -3.37. The molecule has 1 saturated heterocycles. The molecule has 4 nitrogen and oxygen atoms in total. The Bertz CT molecular complexity index is 1280. The number of benzene rings is 3. The van der Waals surface area contributed by atoms with Gasteiger partial charge < -0.3 is 9.80 Å². The van der Waals surface area contributed by atoms with Crippen LogP contribution in [0.5, 0.6) is 0 Å². The van der Waals surface area contributed by atoms with Gasteiger partial charge >= 0.3 is 0 Å². The average molecular weight is 449 g/mol. The monoisotopic (exact) mass is 448 g/mol. The Balaban J connectivity index is 1.06. The topological polar surface area (TPSA) is 22.6 Å². The predicted octanol–water partition coefficient (Wildman–Crippen LogP) is 5.43. The fourth-order valence-electron chi connectivity index (χ4n) is 5.44. The van der Waals surface area contributed by atoms with Crippen LogP contribution in [0.3, 0.4) is 0 Å². The zero-order chi connectivity index (χ0) is 22.9. The maximum atomic E-state index is 4.72. The quantitative estimate of drug-likeness (QED) is 0.406. The molecule has 0 amide bonds. The van der Waals surface area contributed by atoms with E-state index in [9.17, 15) is 0 Å². The predicted molar refractivity (Wildman–Crippen MR) is 142 cm³/mol. The first-order valence-electron chi connectivity index (χ1n) is 12.5. The van der Waals surface area contributed by atoms with Crippen molar-refractivity contribution < 1.29 is 0 Å². The molecule has 0 bridgehead atoms. The van der Waals surface area contributed by atoms with Gasteiger partial charge in [-0.2, -0.15) is 0 Å². The largest absolute Gasteiger partial charge is 0.368 e. The van der Waals surface area contributed by atoms with Crippen molar-refractivity contribution in [3.63, 3.8) is 0 Å². The second kappa shape index (κ2) is 9.11. The highest BCUT2D eigenvalue weighted by Gasteiger charge is 2.20. The first-order valence-corrected chi connectivity index (χ1v) is 12.5. The van der Waals surface area contributed by atoms with Gasteiger partial charge in [-0.05, 0) is 66.4 Å². The van der Waals surface area contributed by atoms with Crippen LogP contribution in [0.15, 0.2) is 78.9 Å². The van der Waals surface area contributed by atoms with E-state index >= 15 is 0 Å². The number of anilines is 2. The Labute approximate surface area is 202 Å². The van der Waals surface area contributed by atoms with E-state index in [1.165, 1.54) is 33.5 Å². The van der Waals surface area contributed by atoms with Gasteiger partial charge in [-0.25, -0.2) is 0 Å². The Morgan fingerprint density at radius 1 is 0.735 bits per heavy atom. The molecule has 2 aliphatic heterocycles. The molecule has 0 N–H and O–H groups in total. The molecule has 3 heterocycles. The Morgan fingerprint density at radius 3 is 2.29 bits per heavy atom. The molecule has 1 fully saturated rings. The second-order valence-corrected chi connectivity index (χ2v) is 9.67. The lowest BCUT2D eigenvalue weighted by atomic mass is 10.1. The van der Waals surface area contributed by atoms with Gasteiger partial charge in [0, 0.05) is 68.3 Å². The van der Waals surface area contributed by atoms with Crippen LogP contribution in [0, 0.1) is 6.92 Å². The van der Waals surface area contributed by atoms with E-state index < -0.39 is 0 Å². The van der Waals surface area contributed by atoms with Gasteiger partial charge in [0.15, 0.2) is 0 Å². The lowest BCUT2D eigenvalue weighted by Gasteiger charge is -2.36. The van der Waals surface area contributed by atoms with E-state index in [1.54, 1.807) is 0 Å². The van der Waals surface area contributed by atoms with Crippen LogP contribution in [-0.4, -0.2) is 42.6 Å². The molecule has 0 saturated carbocycles. The zero-order valence-electron chi connectivity index (χ0n) is 20.0. The third kappa shape index (κ3) is 4.26. The van der Waals surface area contributed by atoms with E-state index in [4.69, 9.17) is 4.98 Å². The molecule has 172 valence electrons. The molecule has 0 unspecified atom stereocenters. The van der Waals surface area contributed by atoms with Gasteiger partial charge in [-0.15, -0.1) is 0 Å². The highest BCUT2D eigenvalue weighted by atomic mass is 15.3. The lowest BCUT2D eigenvalue weighted by Crippen LogP contribution is -2.47. The summed E-state index contributed by atoms with van der Waals surface area (Å²) in [4.78, 5) is 12.4. The van der Waals surface area contributed by atoms with Gasteiger partial charge in [-0.1, -0.05) is 42.5 Å². The summed E-state index contributed by atoms with van der Waals surface area (Å²) in [5, 5.41) is 1.27. The number of rotatable bonds is 5. The SMILES string of the molecule is Cc1ccc2c(N3CCN(CCc4cccc(N5Cc6ccccc6C5)c4)CC3)cccc2n1. The van der Waals surface area contributed by atoms with Crippen LogP contribution in [0.2, 0.25) is 0 Å². The summed E-state index contributed by atoms with van der Waals surface area (Å²) in [6.07, 6.45) is 1.10. The molecule has 4 heteroatoms.